The van der Waals surface area contributed by atoms with Crippen molar-refractivity contribution in [3.63, 3.8) is 0 Å². The number of unbranched alkanes of at least 4 members (excludes halogenated alkanes) is 3. The van der Waals surface area contributed by atoms with Gasteiger partial charge in [-0.2, -0.15) is 0 Å². The van der Waals surface area contributed by atoms with Gasteiger partial charge >= 0.3 is 5.97 Å². The molecule has 0 saturated heterocycles. The second kappa shape index (κ2) is 7.42. The van der Waals surface area contributed by atoms with Gasteiger partial charge in [-0.3, -0.25) is 0 Å². The molecule has 21 heavy (non-hydrogen) atoms. The third-order valence-corrected chi connectivity index (χ3v) is 3.08. The highest BCUT2D eigenvalue weighted by atomic mass is 16.5. The van der Waals surface area contributed by atoms with Gasteiger partial charge in [-0.1, -0.05) is 31.4 Å². The molecular weight excluding hydrogens is 270 g/mol. The van der Waals surface area contributed by atoms with E-state index in [1.165, 1.54) is 30.1 Å². The fourth-order valence-electron chi connectivity index (χ4n) is 1.90. The fourth-order valence-corrected chi connectivity index (χ4v) is 1.90. The second-order valence-electron chi connectivity index (χ2n) is 4.76. The van der Waals surface area contributed by atoms with E-state index >= 15 is 0 Å². The van der Waals surface area contributed by atoms with E-state index in [2.05, 4.69) is 17.2 Å². The summed E-state index contributed by atoms with van der Waals surface area (Å²) in [7, 11) is 0. The molecule has 0 amide bonds. The molecule has 6 nitrogen and oxygen atoms in total. The molecule has 0 aliphatic heterocycles. The van der Waals surface area contributed by atoms with Gasteiger partial charge in [-0.25, -0.2) is 9.48 Å². The summed E-state index contributed by atoms with van der Waals surface area (Å²) < 4.78 is 7.07. The SMILES string of the molecule is CCCCCCOc1ccc(-n2cc(C(=O)O)nn2)cc1. The van der Waals surface area contributed by atoms with E-state index in [0.717, 1.165) is 17.9 Å². The molecule has 0 spiro atoms. The Morgan fingerprint density at radius 3 is 2.62 bits per heavy atom. The third kappa shape index (κ3) is 4.30. The lowest BCUT2D eigenvalue weighted by Gasteiger charge is -2.06. The molecule has 0 saturated carbocycles. The van der Waals surface area contributed by atoms with E-state index in [1.807, 2.05) is 24.3 Å². The van der Waals surface area contributed by atoms with Gasteiger partial charge in [0.05, 0.1) is 18.5 Å². The van der Waals surface area contributed by atoms with Gasteiger partial charge in [0.2, 0.25) is 0 Å². The van der Waals surface area contributed by atoms with Crippen LogP contribution >= 0.6 is 0 Å². The van der Waals surface area contributed by atoms with Crippen molar-refractivity contribution in [2.24, 2.45) is 0 Å². The number of carbonyl (C=O) groups is 1. The third-order valence-electron chi connectivity index (χ3n) is 3.08. The molecule has 1 aromatic heterocycles. The number of rotatable bonds is 8. The van der Waals surface area contributed by atoms with Crippen LogP contribution in [-0.2, 0) is 0 Å². The van der Waals surface area contributed by atoms with Crippen molar-refractivity contribution in [3.8, 4) is 11.4 Å². The summed E-state index contributed by atoms with van der Waals surface area (Å²) in [4.78, 5) is 10.8. The molecule has 112 valence electrons. The van der Waals surface area contributed by atoms with Gasteiger partial charge in [-0.05, 0) is 30.7 Å². The second-order valence-corrected chi connectivity index (χ2v) is 4.76. The van der Waals surface area contributed by atoms with Gasteiger partial charge in [0.25, 0.3) is 0 Å². The lowest BCUT2D eigenvalue weighted by Crippen LogP contribution is -1.98. The molecule has 0 aliphatic carbocycles. The normalized spacial score (nSPS) is 10.5. The van der Waals surface area contributed by atoms with Gasteiger partial charge < -0.3 is 9.84 Å². The predicted molar refractivity (Wildman–Crippen MR) is 78.0 cm³/mol. The molecule has 0 unspecified atom stereocenters. The molecule has 2 aromatic rings. The number of hydrogen-bond acceptors (Lipinski definition) is 4. The number of aromatic carboxylic acids is 1. The Morgan fingerprint density at radius 2 is 2.00 bits per heavy atom. The van der Waals surface area contributed by atoms with Crippen LogP contribution in [0.3, 0.4) is 0 Å². The Balaban J connectivity index is 1.90. The van der Waals surface area contributed by atoms with Crippen LogP contribution in [0.4, 0.5) is 0 Å². The zero-order chi connectivity index (χ0) is 15.1. The van der Waals surface area contributed by atoms with Crippen LogP contribution in [0.15, 0.2) is 30.5 Å². The molecule has 0 aliphatic rings. The average molecular weight is 289 g/mol. The molecule has 1 N–H and O–H groups in total. The largest absolute Gasteiger partial charge is 0.494 e. The van der Waals surface area contributed by atoms with Gasteiger partial charge in [0.15, 0.2) is 5.69 Å². The van der Waals surface area contributed by atoms with E-state index in [-0.39, 0.29) is 5.69 Å². The van der Waals surface area contributed by atoms with Crippen LogP contribution in [0.5, 0.6) is 5.75 Å². The van der Waals surface area contributed by atoms with Crippen LogP contribution in [0, 0.1) is 0 Å². The van der Waals surface area contributed by atoms with Gasteiger partial charge in [0, 0.05) is 0 Å². The van der Waals surface area contributed by atoms with Crippen molar-refractivity contribution in [3.05, 3.63) is 36.2 Å². The Kier molecular flexibility index (Phi) is 5.31. The highest BCUT2D eigenvalue weighted by Gasteiger charge is 2.09. The highest BCUT2D eigenvalue weighted by molar-refractivity contribution is 5.84. The molecule has 1 aromatic carbocycles. The Bertz CT molecular complexity index is 578. The van der Waals surface area contributed by atoms with Crippen molar-refractivity contribution < 1.29 is 14.6 Å². The van der Waals surface area contributed by atoms with Crippen LogP contribution < -0.4 is 4.74 Å². The number of hydrogen-bond donors (Lipinski definition) is 1. The van der Waals surface area contributed by atoms with Gasteiger partial charge in [-0.15, -0.1) is 5.10 Å². The summed E-state index contributed by atoms with van der Waals surface area (Å²) in [6.45, 7) is 2.89. The van der Waals surface area contributed by atoms with E-state index in [9.17, 15) is 4.79 Å². The lowest BCUT2D eigenvalue weighted by atomic mass is 10.2. The minimum absolute atomic E-state index is 0.0775. The maximum Gasteiger partial charge on any atom is 0.358 e. The molecular formula is C15H19N3O3. The zero-order valence-electron chi connectivity index (χ0n) is 12.0. The van der Waals surface area contributed by atoms with E-state index in [4.69, 9.17) is 9.84 Å². The number of carboxylic acids is 1. The monoisotopic (exact) mass is 289 g/mol. The van der Waals surface area contributed by atoms with E-state index in [1.54, 1.807) is 0 Å². The molecule has 1 heterocycles. The minimum atomic E-state index is -1.09. The molecule has 0 atom stereocenters. The van der Waals surface area contributed by atoms with E-state index < -0.39 is 5.97 Å². The molecule has 0 fully saturated rings. The number of carboxylic acid groups (broad SMARTS) is 1. The fraction of sp³-hybridized carbons (Fsp3) is 0.400. The van der Waals surface area contributed by atoms with Crippen LogP contribution in [0.1, 0.15) is 43.1 Å². The Hall–Kier alpha value is -2.37. The quantitative estimate of drug-likeness (QED) is 0.756. The summed E-state index contributed by atoms with van der Waals surface area (Å²) >= 11 is 0. The zero-order valence-corrected chi connectivity index (χ0v) is 12.0. The van der Waals surface area contributed by atoms with Crippen molar-refractivity contribution in [1.29, 1.82) is 0 Å². The maximum absolute atomic E-state index is 10.8. The first-order valence-electron chi connectivity index (χ1n) is 7.09. The Morgan fingerprint density at radius 1 is 1.24 bits per heavy atom. The first-order chi connectivity index (χ1) is 10.2. The number of nitrogens with zero attached hydrogens (tertiary/aromatic N) is 3. The van der Waals surface area contributed by atoms with Crippen molar-refractivity contribution in [2.75, 3.05) is 6.61 Å². The molecule has 0 bridgehead atoms. The maximum atomic E-state index is 10.8. The smallest absolute Gasteiger partial charge is 0.358 e. The summed E-state index contributed by atoms with van der Waals surface area (Å²) in [5.74, 6) is -0.290. The van der Waals surface area contributed by atoms with Crippen LogP contribution in [0.25, 0.3) is 5.69 Å². The minimum Gasteiger partial charge on any atom is -0.494 e. The average Bonchev–Trinajstić information content (AvgIpc) is 2.98. The number of ether oxygens (including phenoxy) is 1. The topological polar surface area (TPSA) is 77.2 Å². The summed E-state index contributed by atoms with van der Waals surface area (Å²) in [6, 6.07) is 7.33. The standard InChI is InChI=1S/C15H19N3O3/c1-2-3-4-5-10-21-13-8-6-12(7-9-13)18-11-14(15(19)20)16-17-18/h6-9,11H,2-5,10H2,1H3,(H,19,20). The summed E-state index contributed by atoms with van der Waals surface area (Å²) in [6.07, 6.45) is 6.07. The van der Waals surface area contributed by atoms with Crippen molar-refractivity contribution in [2.45, 2.75) is 32.6 Å². The first kappa shape index (κ1) is 15.0. The van der Waals surface area contributed by atoms with Gasteiger partial charge in [0.1, 0.15) is 5.75 Å². The van der Waals surface area contributed by atoms with Crippen molar-refractivity contribution in [1.82, 2.24) is 15.0 Å². The van der Waals surface area contributed by atoms with Crippen LogP contribution in [-0.4, -0.2) is 32.7 Å². The first-order valence-corrected chi connectivity index (χ1v) is 7.09. The van der Waals surface area contributed by atoms with E-state index in [0.29, 0.717) is 6.61 Å². The highest BCUT2D eigenvalue weighted by Crippen LogP contribution is 2.15. The molecule has 6 heteroatoms. The molecule has 2 rings (SSSR count). The lowest BCUT2D eigenvalue weighted by molar-refractivity contribution is 0.0690. The van der Waals surface area contributed by atoms with Crippen molar-refractivity contribution >= 4 is 5.97 Å². The summed E-state index contributed by atoms with van der Waals surface area (Å²) in [5.41, 5.74) is 0.666. The number of aromatic nitrogens is 3. The Labute approximate surface area is 123 Å². The summed E-state index contributed by atoms with van der Waals surface area (Å²) in [5, 5.41) is 16.2. The molecule has 0 radical (unpaired) electrons. The van der Waals surface area contributed by atoms with Crippen LogP contribution in [0.2, 0.25) is 0 Å². The predicted octanol–water partition coefficient (Wildman–Crippen LogP) is 2.92. The number of benzene rings is 1.